The molecule has 7 nitrogen and oxygen atoms in total. The first-order chi connectivity index (χ1) is 18.0. The van der Waals surface area contributed by atoms with E-state index in [9.17, 15) is 9.59 Å². The van der Waals surface area contributed by atoms with Crippen LogP contribution in [0.2, 0.25) is 0 Å². The Bertz CT molecular complexity index is 1440. The number of hydrogen-bond donors (Lipinski definition) is 1. The van der Waals surface area contributed by atoms with Crippen molar-refractivity contribution in [1.82, 2.24) is 4.98 Å². The molecule has 2 heterocycles. The molecule has 3 aromatic carbocycles. The SMILES string of the molecule is Cc1c(O[C@H](c2ccncc2)c2ccc(C(N)=O)cc2OCc2ccccc2)ccc2c1OCCC2=O. The van der Waals surface area contributed by atoms with Gasteiger partial charge in [-0.1, -0.05) is 36.4 Å². The lowest BCUT2D eigenvalue weighted by atomic mass is 9.98. The van der Waals surface area contributed by atoms with E-state index in [1.807, 2.05) is 49.4 Å². The van der Waals surface area contributed by atoms with Crippen molar-refractivity contribution >= 4 is 11.7 Å². The van der Waals surface area contributed by atoms with Crippen LogP contribution in [0, 0.1) is 6.92 Å². The lowest BCUT2D eigenvalue weighted by molar-refractivity contribution is 0.0931. The van der Waals surface area contributed by atoms with Crippen LogP contribution in [0.3, 0.4) is 0 Å². The summed E-state index contributed by atoms with van der Waals surface area (Å²) in [6, 6.07) is 22.1. The van der Waals surface area contributed by atoms with Crippen LogP contribution in [0.15, 0.2) is 85.2 Å². The summed E-state index contributed by atoms with van der Waals surface area (Å²) in [6.45, 7) is 2.52. The molecule has 1 aliphatic rings. The quantitative estimate of drug-likeness (QED) is 0.361. The Hall–Kier alpha value is -4.65. The zero-order valence-corrected chi connectivity index (χ0v) is 20.3. The molecule has 0 saturated carbocycles. The van der Waals surface area contributed by atoms with Crippen molar-refractivity contribution in [1.29, 1.82) is 0 Å². The number of aromatic nitrogens is 1. The molecule has 0 spiro atoms. The fourth-order valence-corrected chi connectivity index (χ4v) is 4.33. The van der Waals surface area contributed by atoms with Crippen molar-refractivity contribution in [3.63, 3.8) is 0 Å². The first-order valence-corrected chi connectivity index (χ1v) is 12.0. The maximum absolute atomic E-state index is 12.4. The van der Waals surface area contributed by atoms with E-state index in [4.69, 9.17) is 19.9 Å². The zero-order chi connectivity index (χ0) is 25.8. The van der Waals surface area contributed by atoms with Crippen LogP contribution < -0.4 is 19.9 Å². The molecule has 5 rings (SSSR count). The second-order valence-corrected chi connectivity index (χ2v) is 8.76. The predicted molar refractivity (Wildman–Crippen MR) is 138 cm³/mol. The average molecular weight is 495 g/mol. The van der Waals surface area contributed by atoms with E-state index in [-0.39, 0.29) is 5.78 Å². The molecule has 4 aromatic rings. The van der Waals surface area contributed by atoms with Gasteiger partial charge in [-0.05, 0) is 48.9 Å². The number of fused-ring (bicyclic) bond motifs is 1. The molecule has 0 saturated heterocycles. The summed E-state index contributed by atoms with van der Waals surface area (Å²) in [6.07, 6.45) is 3.14. The van der Waals surface area contributed by atoms with Gasteiger partial charge in [-0.2, -0.15) is 0 Å². The Labute approximate surface area is 214 Å². The minimum Gasteiger partial charge on any atom is -0.492 e. The first-order valence-electron chi connectivity index (χ1n) is 12.0. The van der Waals surface area contributed by atoms with Crippen LogP contribution in [-0.4, -0.2) is 23.3 Å². The van der Waals surface area contributed by atoms with Gasteiger partial charge >= 0.3 is 0 Å². The van der Waals surface area contributed by atoms with Crippen molar-refractivity contribution in [2.75, 3.05) is 6.61 Å². The average Bonchev–Trinajstić information content (AvgIpc) is 2.93. The number of pyridine rings is 1. The van der Waals surface area contributed by atoms with Crippen molar-refractivity contribution in [2.45, 2.75) is 26.1 Å². The standard InChI is InChI=1S/C30H26N2O5/c1-19-26(10-9-23-25(33)13-16-35-28(19)23)37-29(21-11-14-32-15-12-21)24-8-7-22(30(31)34)17-27(24)36-18-20-5-3-2-4-6-20/h2-12,14-15,17,29H,13,16,18H2,1H3,(H2,31,34)/t29-/m1/s1. The lowest BCUT2D eigenvalue weighted by Crippen LogP contribution is -2.18. The smallest absolute Gasteiger partial charge is 0.248 e. The second-order valence-electron chi connectivity index (χ2n) is 8.76. The number of carbonyl (C=O) groups is 2. The summed E-state index contributed by atoms with van der Waals surface area (Å²) in [5.41, 5.74) is 9.73. The van der Waals surface area contributed by atoms with Crippen LogP contribution in [-0.2, 0) is 6.61 Å². The van der Waals surface area contributed by atoms with Gasteiger partial charge in [-0.3, -0.25) is 14.6 Å². The number of primary amides is 1. The van der Waals surface area contributed by atoms with Crippen molar-refractivity contribution in [2.24, 2.45) is 5.73 Å². The van der Waals surface area contributed by atoms with Gasteiger partial charge in [0.2, 0.25) is 5.91 Å². The van der Waals surface area contributed by atoms with Gasteiger partial charge in [0.25, 0.3) is 0 Å². The molecule has 0 fully saturated rings. The third kappa shape index (κ3) is 5.16. The largest absolute Gasteiger partial charge is 0.492 e. The van der Waals surface area contributed by atoms with Crippen molar-refractivity contribution in [3.8, 4) is 17.2 Å². The number of hydrogen-bond acceptors (Lipinski definition) is 6. The maximum Gasteiger partial charge on any atom is 0.248 e. The number of amides is 1. The molecular weight excluding hydrogens is 468 g/mol. The van der Waals surface area contributed by atoms with Gasteiger partial charge in [0.1, 0.15) is 23.9 Å². The van der Waals surface area contributed by atoms with E-state index in [0.29, 0.717) is 53.6 Å². The van der Waals surface area contributed by atoms with Crippen LogP contribution in [0.25, 0.3) is 0 Å². The summed E-state index contributed by atoms with van der Waals surface area (Å²) in [5, 5.41) is 0. The highest BCUT2D eigenvalue weighted by Crippen LogP contribution is 2.40. The van der Waals surface area contributed by atoms with E-state index in [1.165, 1.54) is 0 Å². The van der Waals surface area contributed by atoms with Gasteiger partial charge in [0.05, 0.1) is 12.2 Å². The molecule has 7 heteroatoms. The summed E-state index contributed by atoms with van der Waals surface area (Å²) in [5.74, 6) is 1.10. The normalized spacial score (nSPS) is 13.3. The van der Waals surface area contributed by atoms with Gasteiger partial charge in [-0.15, -0.1) is 0 Å². The van der Waals surface area contributed by atoms with Gasteiger partial charge in [-0.25, -0.2) is 0 Å². The molecule has 1 aromatic heterocycles. The summed E-state index contributed by atoms with van der Waals surface area (Å²) in [7, 11) is 0. The van der Waals surface area contributed by atoms with Crippen molar-refractivity contribution in [3.05, 3.63) is 119 Å². The first kappa shape index (κ1) is 24.1. The molecule has 0 unspecified atom stereocenters. The number of nitrogens with zero attached hydrogens (tertiary/aromatic N) is 1. The number of Topliss-reactive ketones (excluding diaryl/α,β-unsaturated/α-hetero) is 1. The zero-order valence-electron chi connectivity index (χ0n) is 20.3. The molecule has 0 aliphatic carbocycles. The Morgan fingerprint density at radius 3 is 2.57 bits per heavy atom. The summed E-state index contributed by atoms with van der Waals surface area (Å²) >= 11 is 0. The molecule has 1 atom stereocenters. The van der Waals surface area contributed by atoms with E-state index in [0.717, 1.165) is 16.7 Å². The Balaban J connectivity index is 1.57. The highest BCUT2D eigenvalue weighted by molar-refractivity contribution is 6.00. The number of ether oxygens (including phenoxy) is 3. The Morgan fingerprint density at radius 1 is 1.03 bits per heavy atom. The fraction of sp³-hybridized carbons (Fsp3) is 0.167. The van der Waals surface area contributed by atoms with Crippen LogP contribution in [0.5, 0.6) is 17.2 Å². The molecular formula is C30H26N2O5. The lowest BCUT2D eigenvalue weighted by Gasteiger charge is -2.26. The summed E-state index contributed by atoms with van der Waals surface area (Å²) in [4.78, 5) is 28.5. The highest BCUT2D eigenvalue weighted by atomic mass is 16.5. The molecule has 1 aliphatic heterocycles. The van der Waals surface area contributed by atoms with E-state index >= 15 is 0 Å². The minimum absolute atomic E-state index is 0.0558. The molecule has 37 heavy (non-hydrogen) atoms. The van der Waals surface area contributed by atoms with Crippen molar-refractivity contribution < 1.29 is 23.8 Å². The van der Waals surface area contributed by atoms with Gasteiger partial charge < -0.3 is 19.9 Å². The molecule has 186 valence electrons. The van der Waals surface area contributed by atoms with Crippen LogP contribution in [0.1, 0.15) is 55.5 Å². The van der Waals surface area contributed by atoms with E-state index in [2.05, 4.69) is 4.98 Å². The number of rotatable bonds is 8. The predicted octanol–water partition coefficient (Wildman–Crippen LogP) is 5.20. The molecule has 0 bridgehead atoms. The Morgan fingerprint density at radius 2 is 1.81 bits per heavy atom. The van der Waals surface area contributed by atoms with Gasteiger partial charge in [0.15, 0.2) is 11.9 Å². The highest BCUT2D eigenvalue weighted by Gasteiger charge is 2.26. The number of carbonyl (C=O) groups excluding carboxylic acids is 2. The molecule has 0 radical (unpaired) electrons. The fourth-order valence-electron chi connectivity index (χ4n) is 4.33. The monoisotopic (exact) mass is 494 g/mol. The third-order valence-corrected chi connectivity index (χ3v) is 6.30. The van der Waals surface area contributed by atoms with Gasteiger partial charge in [0, 0.05) is 41.1 Å². The number of ketones is 1. The third-order valence-electron chi connectivity index (χ3n) is 6.30. The van der Waals surface area contributed by atoms with E-state index in [1.54, 1.807) is 42.7 Å². The van der Waals surface area contributed by atoms with Crippen LogP contribution in [0.4, 0.5) is 0 Å². The Kier molecular flexibility index (Phi) is 6.85. The topological polar surface area (TPSA) is 101 Å². The molecule has 2 N–H and O–H groups in total. The number of benzene rings is 3. The number of nitrogens with two attached hydrogens (primary N) is 1. The minimum atomic E-state index is -0.605. The van der Waals surface area contributed by atoms with Crippen LogP contribution >= 0.6 is 0 Å². The second kappa shape index (κ2) is 10.5. The molecule has 1 amide bonds. The summed E-state index contributed by atoms with van der Waals surface area (Å²) < 4.78 is 18.6. The van der Waals surface area contributed by atoms with E-state index < -0.39 is 12.0 Å². The maximum atomic E-state index is 12.4.